The van der Waals surface area contributed by atoms with Crippen molar-refractivity contribution in [3.05, 3.63) is 48.0 Å². The summed E-state index contributed by atoms with van der Waals surface area (Å²) in [6, 6.07) is 5.28. The number of nitrogens with zero attached hydrogens (tertiary/aromatic N) is 6. The van der Waals surface area contributed by atoms with Crippen LogP contribution in [0.3, 0.4) is 0 Å². The van der Waals surface area contributed by atoms with E-state index in [2.05, 4.69) is 20.5 Å². The first-order chi connectivity index (χ1) is 12.8. The zero-order chi connectivity index (χ0) is 19.6. The van der Waals surface area contributed by atoms with Gasteiger partial charge in [-0.05, 0) is 19.1 Å². The van der Waals surface area contributed by atoms with Gasteiger partial charge in [0.1, 0.15) is 12.4 Å². The molecule has 0 unspecified atom stereocenters. The number of carbonyl (C=O) groups excluding carboxylic acids is 2. The fourth-order valence-electron chi connectivity index (χ4n) is 2.59. The highest BCUT2D eigenvalue weighted by Gasteiger charge is 2.12. The molecule has 9 heteroatoms. The van der Waals surface area contributed by atoms with Crippen LogP contribution < -0.4 is 5.32 Å². The molecule has 1 N–H and O–H groups in total. The van der Waals surface area contributed by atoms with Crippen molar-refractivity contribution >= 4 is 17.6 Å². The summed E-state index contributed by atoms with van der Waals surface area (Å²) >= 11 is 0. The van der Waals surface area contributed by atoms with Gasteiger partial charge in [0.25, 0.3) is 5.91 Å². The van der Waals surface area contributed by atoms with Crippen LogP contribution in [-0.2, 0) is 18.4 Å². The Labute approximate surface area is 156 Å². The van der Waals surface area contributed by atoms with Crippen molar-refractivity contribution in [1.29, 1.82) is 0 Å². The molecule has 3 heterocycles. The van der Waals surface area contributed by atoms with Crippen molar-refractivity contribution in [3.63, 3.8) is 0 Å². The summed E-state index contributed by atoms with van der Waals surface area (Å²) in [7, 11) is 5.15. The van der Waals surface area contributed by atoms with Gasteiger partial charge in [0.2, 0.25) is 5.91 Å². The summed E-state index contributed by atoms with van der Waals surface area (Å²) in [5.41, 5.74) is 2.79. The fourth-order valence-corrected chi connectivity index (χ4v) is 2.59. The van der Waals surface area contributed by atoms with E-state index in [1.807, 2.05) is 6.92 Å². The molecule has 0 bridgehead atoms. The van der Waals surface area contributed by atoms with E-state index in [-0.39, 0.29) is 18.4 Å². The molecule has 140 valence electrons. The molecule has 0 aromatic carbocycles. The third-order valence-corrected chi connectivity index (χ3v) is 3.92. The lowest BCUT2D eigenvalue weighted by atomic mass is 10.2. The average Bonchev–Trinajstić information content (AvgIpc) is 3.20. The first-order valence-corrected chi connectivity index (χ1v) is 8.34. The highest BCUT2D eigenvalue weighted by molar-refractivity contribution is 5.93. The van der Waals surface area contributed by atoms with Gasteiger partial charge in [-0.25, -0.2) is 0 Å². The molecule has 2 amide bonds. The molecule has 9 nitrogen and oxygen atoms in total. The molecule has 0 aliphatic carbocycles. The van der Waals surface area contributed by atoms with Crippen LogP contribution in [-0.4, -0.2) is 55.4 Å². The second-order valence-electron chi connectivity index (χ2n) is 6.40. The van der Waals surface area contributed by atoms with E-state index < -0.39 is 0 Å². The maximum absolute atomic E-state index is 12.2. The smallest absolute Gasteiger partial charge is 0.254 e. The lowest BCUT2D eigenvalue weighted by Gasteiger charge is -2.09. The number of carbonyl (C=O) groups is 2. The van der Waals surface area contributed by atoms with Crippen LogP contribution in [0.4, 0.5) is 5.82 Å². The highest BCUT2D eigenvalue weighted by Crippen LogP contribution is 2.17. The van der Waals surface area contributed by atoms with Crippen molar-refractivity contribution in [1.82, 2.24) is 29.4 Å². The number of aryl methyl sites for hydroxylation is 2. The largest absolute Gasteiger partial charge is 0.345 e. The molecule has 0 aliphatic rings. The van der Waals surface area contributed by atoms with E-state index in [0.717, 1.165) is 11.3 Å². The second-order valence-corrected chi connectivity index (χ2v) is 6.40. The van der Waals surface area contributed by atoms with Gasteiger partial charge >= 0.3 is 0 Å². The van der Waals surface area contributed by atoms with Crippen LogP contribution in [0.1, 0.15) is 16.1 Å². The number of nitrogens with one attached hydrogen (secondary N) is 1. The maximum atomic E-state index is 12.2. The van der Waals surface area contributed by atoms with Gasteiger partial charge in [-0.1, -0.05) is 0 Å². The van der Waals surface area contributed by atoms with Gasteiger partial charge in [-0.2, -0.15) is 10.2 Å². The summed E-state index contributed by atoms with van der Waals surface area (Å²) in [6.07, 6.45) is 4.91. The molecule has 3 rings (SSSR count). The number of anilines is 1. The number of pyridine rings is 1. The number of aromatic nitrogens is 5. The average molecular weight is 367 g/mol. The Kier molecular flexibility index (Phi) is 5.02. The third kappa shape index (κ3) is 4.20. The van der Waals surface area contributed by atoms with Crippen LogP contribution in [0, 0.1) is 6.92 Å². The second kappa shape index (κ2) is 7.40. The molecule has 0 aliphatic heterocycles. The first-order valence-electron chi connectivity index (χ1n) is 8.34. The Bertz CT molecular complexity index is 970. The van der Waals surface area contributed by atoms with E-state index in [0.29, 0.717) is 17.1 Å². The minimum Gasteiger partial charge on any atom is -0.345 e. The zero-order valence-electron chi connectivity index (χ0n) is 15.7. The van der Waals surface area contributed by atoms with Gasteiger partial charge in [-0.3, -0.25) is 23.9 Å². The topological polar surface area (TPSA) is 97.9 Å². The van der Waals surface area contributed by atoms with E-state index in [4.69, 9.17) is 0 Å². The van der Waals surface area contributed by atoms with Crippen LogP contribution in [0.2, 0.25) is 0 Å². The summed E-state index contributed by atoms with van der Waals surface area (Å²) < 4.78 is 3.15. The van der Waals surface area contributed by atoms with Crippen molar-refractivity contribution < 1.29 is 9.59 Å². The standard InChI is InChI=1S/C18H21N7O2/c1-12-7-16(24(4)22-12)21-17(26)11-25-10-14(9-20-25)15-6-5-13(8-19-15)18(27)23(2)3/h5-10H,11H2,1-4H3,(H,21,26). The Hall–Kier alpha value is -3.49. The molecule has 0 radical (unpaired) electrons. The van der Waals surface area contributed by atoms with Crippen LogP contribution in [0.25, 0.3) is 11.3 Å². The molecule has 0 saturated heterocycles. The van der Waals surface area contributed by atoms with Gasteiger partial charge in [0, 0.05) is 45.2 Å². The number of hydrogen-bond donors (Lipinski definition) is 1. The molecule has 0 atom stereocenters. The SMILES string of the molecule is Cc1cc(NC(=O)Cn2cc(-c3ccc(C(=O)N(C)C)cn3)cn2)n(C)n1. The van der Waals surface area contributed by atoms with Gasteiger partial charge in [-0.15, -0.1) is 0 Å². The molecule has 0 spiro atoms. The molecular weight excluding hydrogens is 346 g/mol. The quantitative estimate of drug-likeness (QED) is 0.734. The molecule has 0 fully saturated rings. The molecular formula is C18H21N7O2. The maximum Gasteiger partial charge on any atom is 0.254 e. The van der Waals surface area contributed by atoms with E-state index >= 15 is 0 Å². The van der Waals surface area contributed by atoms with E-state index in [1.54, 1.807) is 56.4 Å². The Morgan fingerprint density at radius 1 is 1.22 bits per heavy atom. The molecule has 0 saturated carbocycles. The first kappa shape index (κ1) is 18.3. The molecule has 3 aromatic rings. The van der Waals surface area contributed by atoms with Crippen molar-refractivity contribution in [2.24, 2.45) is 7.05 Å². The normalized spacial score (nSPS) is 10.7. The van der Waals surface area contributed by atoms with Crippen molar-refractivity contribution in [2.45, 2.75) is 13.5 Å². The molecule has 27 heavy (non-hydrogen) atoms. The van der Waals surface area contributed by atoms with Gasteiger partial charge in [0.05, 0.1) is 23.1 Å². The van der Waals surface area contributed by atoms with Gasteiger partial charge in [0.15, 0.2) is 0 Å². The zero-order valence-corrected chi connectivity index (χ0v) is 15.7. The fraction of sp³-hybridized carbons (Fsp3) is 0.278. The van der Waals surface area contributed by atoms with Crippen molar-refractivity contribution in [3.8, 4) is 11.3 Å². The Morgan fingerprint density at radius 2 is 2.00 bits per heavy atom. The van der Waals surface area contributed by atoms with Gasteiger partial charge < -0.3 is 10.2 Å². The summed E-state index contributed by atoms with van der Waals surface area (Å²) in [5, 5.41) is 11.2. The number of hydrogen-bond acceptors (Lipinski definition) is 5. The van der Waals surface area contributed by atoms with Crippen LogP contribution >= 0.6 is 0 Å². The minimum atomic E-state index is -0.201. The van der Waals surface area contributed by atoms with E-state index in [9.17, 15) is 9.59 Å². The van der Waals surface area contributed by atoms with Crippen molar-refractivity contribution in [2.75, 3.05) is 19.4 Å². The summed E-state index contributed by atoms with van der Waals surface area (Å²) in [4.78, 5) is 29.9. The summed E-state index contributed by atoms with van der Waals surface area (Å²) in [6.45, 7) is 1.93. The number of amides is 2. The minimum absolute atomic E-state index is 0.0709. The number of rotatable bonds is 5. The monoisotopic (exact) mass is 367 g/mol. The van der Waals surface area contributed by atoms with Crippen LogP contribution in [0.15, 0.2) is 36.8 Å². The lowest BCUT2D eigenvalue weighted by molar-refractivity contribution is -0.116. The van der Waals surface area contributed by atoms with Crippen LogP contribution in [0.5, 0.6) is 0 Å². The summed E-state index contributed by atoms with van der Waals surface area (Å²) in [5.74, 6) is 0.326. The Morgan fingerprint density at radius 3 is 2.59 bits per heavy atom. The predicted octanol–water partition coefficient (Wildman–Crippen LogP) is 1.33. The highest BCUT2D eigenvalue weighted by atomic mass is 16.2. The molecule has 3 aromatic heterocycles. The third-order valence-electron chi connectivity index (χ3n) is 3.92. The predicted molar refractivity (Wildman–Crippen MR) is 100 cm³/mol. The lowest BCUT2D eigenvalue weighted by Crippen LogP contribution is -2.21. The Balaban J connectivity index is 1.66. The van der Waals surface area contributed by atoms with E-state index in [1.165, 1.54) is 15.8 Å².